The van der Waals surface area contributed by atoms with Crippen molar-refractivity contribution in [3.63, 3.8) is 0 Å². The molecule has 228 valence electrons. The molecular formula is C31H50N6O4. The van der Waals surface area contributed by atoms with E-state index < -0.39 is 12.2 Å². The Morgan fingerprint density at radius 1 is 0.805 bits per heavy atom. The fourth-order valence-electron chi connectivity index (χ4n) is 5.43. The maximum atomic E-state index is 10.8. The van der Waals surface area contributed by atoms with Gasteiger partial charge in [0.15, 0.2) is 0 Å². The molecule has 2 aromatic heterocycles. The lowest BCUT2D eigenvalue weighted by Crippen LogP contribution is -2.43. The number of likely N-dealkylation sites (N-methyl/N-ethyl adjacent to an activating group) is 1. The Kier molecular flexibility index (Phi) is 11.0. The number of ether oxygens (including phenoxy) is 2. The highest BCUT2D eigenvalue weighted by atomic mass is 16.5. The Bertz CT molecular complexity index is 1130. The van der Waals surface area contributed by atoms with Gasteiger partial charge in [-0.15, -0.1) is 0 Å². The molecule has 4 rings (SSSR count). The van der Waals surface area contributed by atoms with E-state index in [4.69, 9.17) is 19.4 Å². The second kappa shape index (κ2) is 14.2. The molecule has 0 aliphatic carbocycles. The Morgan fingerprint density at radius 3 is 1.98 bits per heavy atom. The summed E-state index contributed by atoms with van der Waals surface area (Å²) < 4.78 is 11.9. The van der Waals surface area contributed by atoms with Gasteiger partial charge < -0.3 is 34.4 Å². The molecule has 0 radical (unpaired) electrons. The SMILES string of the molecule is CC(C)c1ccc(N2CCOC[C@H](O)C2)c(CN(C)C2CN(c3ccc(C(C)C)nc3CN(C)C)C[C@H](O)CO2)n1. The van der Waals surface area contributed by atoms with E-state index in [9.17, 15) is 10.2 Å². The second-order valence-corrected chi connectivity index (χ2v) is 12.4. The molecular weight excluding hydrogens is 520 g/mol. The van der Waals surface area contributed by atoms with Gasteiger partial charge in [-0.3, -0.25) is 14.9 Å². The summed E-state index contributed by atoms with van der Waals surface area (Å²) in [5.41, 5.74) is 6.10. The number of hydrogen-bond donors (Lipinski definition) is 2. The van der Waals surface area contributed by atoms with E-state index in [0.717, 1.165) is 34.2 Å². The molecule has 2 aliphatic heterocycles. The van der Waals surface area contributed by atoms with E-state index in [1.54, 1.807) is 0 Å². The van der Waals surface area contributed by atoms with Crippen molar-refractivity contribution in [1.82, 2.24) is 19.8 Å². The van der Waals surface area contributed by atoms with E-state index in [1.165, 1.54) is 0 Å². The first-order valence-corrected chi connectivity index (χ1v) is 14.9. The van der Waals surface area contributed by atoms with Gasteiger partial charge in [0.05, 0.1) is 61.3 Å². The minimum absolute atomic E-state index is 0.258. The highest BCUT2D eigenvalue weighted by Gasteiger charge is 2.30. The van der Waals surface area contributed by atoms with Crippen molar-refractivity contribution in [2.45, 2.75) is 71.1 Å². The minimum atomic E-state index is -0.609. The van der Waals surface area contributed by atoms with Crippen molar-refractivity contribution in [3.8, 4) is 0 Å². The molecule has 2 N–H and O–H groups in total. The lowest BCUT2D eigenvalue weighted by Gasteiger charge is -2.33. The van der Waals surface area contributed by atoms with Crippen LogP contribution in [0.15, 0.2) is 24.3 Å². The summed E-state index contributed by atoms with van der Waals surface area (Å²) in [5.74, 6) is 0.629. The number of aliphatic hydroxyl groups is 2. The minimum Gasteiger partial charge on any atom is -0.389 e. The van der Waals surface area contributed by atoms with Crippen LogP contribution in [0, 0.1) is 0 Å². The van der Waals surface area contributed by atoms with Gasteiger partial charge in [0.25, 0.3) is 0 Å². The fourth-order valence-corrected chi connectivity index (χ4v) is 5.43. The molecule has 10 nitrogen and oxygen atoms in total. The van der Waals surface area contributed by atoms with Gasteiger partial charge in [0, 0.05) is 44.1 Å². The smallest absolute Gasteiger partial charge is 0.128 e. The molecule has 0 bridgehead atoms. The molecule has 2 aromatic rings. The quantitative estimate of drug-likeness (QED) is 0.468. The van der Waals surface area contributed by atoms with Gasteiger partial charge >= 0.3 is 0 Å². The van der Waals surface area contributed by atoms with Gasteiger partial charge in [0.1, 0.15) is 6.23 Å². The lowest BCUT2D eigenvalue weighted by molar-refractivity contribution is -0.0620. The molecule has 2 aliphatic rings. The number of nitrogens with zero attached hydrogens (tertiary/aromatic N) is 6. The molecule has 4 heterocycles. The molecule has 0 amide bonds. The van der Waals surface area contributed by atoms with Crippen LogP contribution >= 0.6 is 0 Å². The van der Waals surface area contributed by atoms with Crippen LogP contribution in [0.4, 0.5) is 11.4 Å². The number of pyridine rings is 2. The Labute approximate surface area is 245 Å². The molecule has 0 saturated carbocycles. The van der Waals surface area contributed by atoms with Gasteiger partial charge in [-0.2, -0.15) is 0 Å². The summed E-state index contributed by atoms with van der Waals surface area (Å²) in [4.78, 5) is 18.8. The molecule has 3 atom stereocenters. The number of β-amino-alcohol motifs (C(OH)–C–C–N with tert-alkyl or cyclic N) is 2. The van der Waals surface area contributed by atoms with Crippen molar-refractivity contribution >= 4 is 11.4 Å². The summed E-state index contributed by atoms with van der Waals surface area (Å²) in [6.07, 6.45) is -1.42. The third-order valence-corrected chi connectivity index (χ3v) is 7.70. The number of anilines is 2. The lowest BCUT2D eigenvalue weighted by atomic mass is 10.1. The summed E-state index contributed by atoms with van der Waals surface area (Å²) in [6, 6.07) is 8.46. The summed E-state index contributed by atoms with van der Waals surface area (Å²) in [5, 5.41) is 21.2. The van der Waals surface area contributed by atoms with Crippen molar-refractivity contribution < 1.29 is 19.7 Å². The maximum Gasteiger partial charge on any atom is 0.128 e. The second-order valence-electron chi connectivity index (χ2n) is 12.4. The van der Waals surface area contributed by atoms with Crippen LogP contribution < -0.4 is 9.80 Å². The molecule has 2 fully saturated rings. The maximum absolute atomic E-state index is 10.8. The highest BCUT2D eigenvalue weighted by molar-refractivity contribution is 5.53. The van der Waals surface area contributed by atoms with Crippen molar-refractivity contribution in [2.24, 2.45) is 0 Å². The predicted molar refractivity (Wildman–Crippen MR) is 163 cm³/mol. The van der Waals surface area contributed by atoms with Gasteiger partial charge in [0.2, 0.25) is 0 Å². The fraction of sp³-hybridized carbons (Fsp3) is 0.677. The molecule has 0 spiro atoms. The van der Waals surface area contributed by atoms with Crippen LogP contribution in [0.3, 0.4) is 0 Å². The topological polar surface area (TPSA) is 97.7 Å². The zero-order valence-corrected chi connectivity index (χ0v) is 26.0. The molecule has 10 heteroatoms. The number of rotatable bonds is 9. The third-order valence-electron chi connectivity index (χ3n) is 7.70. The Morgan fingerprint density at radius 2 is 1.37 bits per heavy atom. The first kappa shape index (κ1) is 31.6. The average Bonchev–Trinajstić information content (AvgIpc) is 3.25. The first-order valence-electron chi connectivity index (χ1n) is 14.9. The van der Waals surface area contributed by atoms with Crippen LogP contribution in [0.25, 0.3) is 0 Å². The Hall–Kier alpha value is -2.34. The average molecular weight is 571 g/mol. The van der Waals surface area contributed by atoms with Crippen LogP contribution in [-0.2, 0) is 22.6 Å². The van der Waals surface area contributed by atoms with E-state index in [1.807, 2.05) is 0 Å². The highest BCUT2D eigenvalue weighted by Crippen LogP contribution is 2.28. The van der Waals surface area contributed by atoms with E-state index in [0.29, 0.717) is 64.3 Å². The van der Waals surface area contributed by atoms with Gasteiger partial charge in [-0.1, -0.05) is 27.7 Å². The molecule has 1 unspecified atom stereocenters. The predicted octanol–water partition coefficient (Wildman–Crippen LogP) is 2.64. The summed E-state index contributed by atoms with van der Waals surface area (Å²) >= 11 is 0. The number of aromatic nitrogens is 2. The zero-order valence-electron chi connectivity index (χ0n) is 26.0. The van der Waals surface area contributed by atoms with Crippen LogP contribution in [0.1, 0.15) is 62.3 Å². The number of hydrogen-bond acceptors (Lipinski definition) is 10. The van der Waals surface area contributed by atoms with Crippen LogP contribution in [0.2, 0.25) is 0 Å². The normalized spacial score (nSPS) is 22.6. The first-order chi connectivity index (χ1) is 19.5. The summed E-state index contributed by atoms with van der Waals surface area (Å²) in [7, 11) is 6.15. The summed E-state index contributed by atoms with van der Waals surface area (Å²) in [6.45, 7) is 13.3. The van der Waals surface area contributed by atoms with Crippen molar-refractivity contribution in [3.05, 3.63) is 47.0 Å². The van der Waals surface area contributed by atoms with Gasteiger partial charge in [-0.05, 0) is 57.2 Å². The van der Waals surface area contributed by atoms with Crippen LogP contribution in [-0.4, -0.2) is 116 Å². The van der Waals surface area contributed by atoms with Gasteiger partial charge in [-0.25, -0.2) is 0 Å². The van der Waals surface area contributed by atoms with E-state index in [-0.39, 0.29) is 12.8 Å². The standard InChI is InChI=1S/C31H50N6O4/c1-21(2)25-9-11-30(27(32-25)16-34(5)6)37-15-24(39)20-41-31(18-37)35(7)17-28-29(10-8-26(33-28)22(3)4)36-12-13-40-19-23(38)14-36/h8-11,21-24,31,38-39H,12-20H2,1-7H3/t23-,24+,31?/m1/s1. The largest absolute Gasteiger partial charge is 0.389 e. The van der Waals surface area contributed by atoms with Crippen molar-refractivity contribution in [1.29, 1.82) is 0 Å². The van der Waals surface area contributed by atoms with Crippen LogP contribution in [0.5, 0.6) is 0 Å². The zero-order chi connectivity index (χ0) is 29.7. The Balaban J connectivity index is 1.61. The van der Waals surface area contributed by atoms with Crippen molar-refractivity contribution in [2.75, 3.05) is 76.9 Å². The van der Waals surface area contributed by atoms with E-state index >= 15 is 0 Å². The monoisotopic (exact) mass is 570 g/mol. The number of aliphatic hydroxyl groups excluding tert-OH is 2. The van der Waals surface area contributed by atoms with E-state index in [2.05, 4.69) is 92.7 Å². The molecule has 2 saturated heterocycles. The molecule has 0 aromatic carbocycles. The third kappa shape index (κ3) is 8.37. The molecule has 41 heavy (non-hydrogen) atoms.